The van der Waals surface area contributed by atoms with Gasteiger partial charge in [0, 0.05) is 12.6 Å². The molecular formula is C12H20N2O. The molecule has 0 aromatic rings. The molecule has 84 valence electrons. The molecule has 1 N–H and O–H groups in total. The lowest BCUT2D eigenvalue weighted by Gasteiger charge is -2.38. The summed E-state index contributed by atoms with van der Waals surface area (Å²) in [6, 6.07) is 0.677. The van der Waals surface area contributed by atoms with E-state index >= 15 is 0 Å². The highest BCUT2D eigenvalue weighted by molar-refractivity contribution is 5.82. The second-order valence-electron chi connectivity index (χ2n) is 5.41. The number of fused-ring (bicyclic) bond motifs is 1. The van der Waals surface area contributed by atoms with Crippen LogP contribution in [0.2, 0.25) is 0 Å². The predicted octanol–water partition coefficient (Wildman–Crippen LogP) is 0.995. The van der Waals surface area contributed by atoms with Gasteiger partial charge in [0.2, 0.25) is 5.91 Å². The standard InChI is InChI=1S/C12H20N2O/c1-13-11-6-8-5-9(8)7-14(12(11)15)10-3-2-4-10/h8-11,13H,2-7H2,1H3. The van der Waals surface area contributed by atoms with Crippen molar-refractivity contribution in [3.05, 3.63) is 0 Å². The van der Waals surface area contributed by atoms with Crippen LogP contribution in [0.25, 0.3) is 0 Å². The van der Waals surface area contributed by atoms with Gasteiger partial charge in [-0.15, -0.1) is 0 Å². The monoisotopic (exact) mass is 208 g/mol. The summed E-state index contributed by atoms with van der Waals surface area (Å²) in [5.74, 6) is 2.03. The Morgan fingerprint density at radius 2 is 2.07 bits per heavy atom. The third-order valence-electron chi connectivity index (χ3n) is 4.48. The Labute approximate surface area is 91.2 Å². The van der Waals surface area contributed by atoms with Crippen molar-refractivity contribution >= 4 is 5.91 Å². The number of rotatable bonds is 2. The van der Waals surface area contributed by atoms with Gasteiger partial charge in [0.1, 0.15) is 0 Å². The number of carbonyl (C=O) groups is 1. The van der Waals surface area contributed by atoms with Crippen LogP contribution >= 0.6 is 0 Å². The highest BCUT2D eigenvalue weighted by Gasteiger charge is 2.47. The summed E-state index contributed by atoms with van der Waals surface area (Å²) < 4.78 is 0. The van der Waals surface area contributed by atoms with E-state index < -0.39 is 0 Å². The second-order valence-corrected chi connectivity index (χ2v) is 5.41. The summed E-state index contributed by atoms with van der Waals surface area (Å²) in [6.07, 6.45) is 6.21. The molecule has 0 bridgehead atoms. The van der Waals surface area contributed by atoms with Gasteiger partial charge in [0.25, 0.3) is 0 Å². The lowest BCUT2D eigenvalue weighted by atomic mass is 9.91. The van der Waals surface area contributed by atoms with Gasteiger partial charge in [-0.3, -0.25) is 4.79 Å². The van der Waals surface area contributed by atoms with Crippen LogP contribution in [-0.4, -0.2) is 36.5 Å². The topological polar surface area (TPSA) is 32.3 Å². The van der Waals surface area contributed by atoms with Crippen LogP contribution in [0.1, 0.15) is 32.1 Å². The maximum absolute atomic E-state index is 12.2. The summed E-state index contributed by atoms with van der Waals surface area (Å²) in [7, 11) is 1.92. The van der Waals surface area contributed by atoms with Crippen molar-refractivity contribution in [3.8, 4) is 0 Å². The van der Waals surface area contributed by atoms with Crippen molar-refractivity contribution in [1.29, 1.82) is 0 Å². The van der Waals surface area contributed by atoms with Crippen molar-refractivity contribution in [2.24, 2.45) is 11.8 Å². The Hall–Kier alpha value is -0.570. The Morgan fingerprint density at radius 1 is 1.27 bits per heavy atom. The molecule has 1 aliphatic heterocycles. The van der Waals surface area contributed by atoms with Crippen molar-refractivity contribution in [2.45, 2.75) is 44.2 Å². The van der Waals surface area contributed by atoms with Crippen LogP contribution in [0.4, 0.5) is 0 Å². The number of likely N-dealkylation sites (tertiary alicyclic amines) is 1. The molecule has 15 heavy (non-hydrogen) atoms. The fourth-order valence-corrected chi connectivity index (χ4v) is 3.04. The highest BCUT2D eigenvalue weighted by atomic mass is 16.2. The third-order valence-corrected chi connectivity index (χ3v) is 4.48. The molecule has 2 aliphatic carbocycles. The van der Waals surface area contributed by atoms with E-state index in [0.29, 0.717) is 11.9 Å². The lowest BCUT2D eigenvalue weighted by molar-refractivity contribution is -0.137. The average molecular weight is 208 g/mol. The SMILES string of the molecule is CNC1CC2CC2CN(C2CCC2)C1=O. The van der Waals surface area contributed by atoms with Crippen LogP contribution in [0, 0.1) is 11.8 Å². The molecule has 3 aliphatic rings. The minimum absolute atomic E-state index is 0.100. The average Bonchev–Trinajstić information content (AvgIpc) is 2.87. The molecular weight excluding hydrogens is 188 g/mol. The quantitative estimate of drug-likeness (QED) is 0.734. The van der Waals surface area contributed by atoms with Gasteiger partial charge in [-0.05, 0) is 51.0 Å². The molecule has 3 atom stereocenters. The molecule has 1 heterocycles. The Morgan fingerprint density at radius 3 is 2.67 bits per heavy atom. The molecule has 2 saturated carbocycles. The summed E-state index contributed by atoms with van der Waals surface area (Å²) in [5.41, 5.74) is 0. The van der Waals surface area contributed by atoms with Gasteiger partial charge in [-0.25, -0.2) is 0 Å². The first-order valence-corrected chi connectivity index (χ1v) is 6.27. The van der Waals surface area contributed by atoms with Crippen molar-refractivity contribution < 1.29 is 4.79 Å². The molecule has 0 aromatic heterocycles. The second kappa shape index (κ2) is 3.48. The molecule has 1 amide bonds. The van der Waals surface area contributed by atoms with Crippen LogP contribution in [0.3, 0.4) is 0 Å². The van der Waals surface area contributed by atoms with Crippen molar-refractivity contribution in [1.82, 2.24) is 10.2 Å². The van der Waals surface area contributed by atoms with Gasteiger partial charge in [0.05, 0.1) is 6.04 Å². The highest BCUT2D eigenvalue weighted by Crippen LogP contribution is 2.46. The van der Waals surface area contributed by atoms with E-state index in [1.165, 1.54) is 25.7 Å². The maximum atomic E-state index is 12.2. The molecule has 3 heteroatoms. The van der Waals surface area contributed by atoms with E-state index in [9.17, 15) is 4.79 Å². The van der Waals surface area contributed by atoms with E-state index in [0.717, 1.165) is 24.8 Å². The van der Waals surface area contributed by atoms with Gasteiger partial charge < -0.3 is 10.2 Å². The van der Waals surface area contributed by atoms with Crippen molar-refractivity contribution in [2.75, 3.05) is 13.6 Å². The first-order chi connectivity index (χ1) is 7.29. The summed E-state index contributed by atoms with van der Waals surface area (Å²) in [5, 5.41) is 3.19. The largest absolute Gasteiger partial charge is 0.338 e. The molecule has 0 spiro atoms. The zero-order chi connectivity index (χ0) is 10.4. The van der Waals surface area contributed by atoms with E-state index in [2.05, 4.69) is 10.2 Å². The normalized spacial score (nSPS) is 40.7. The smallest absolute Gasteiger partial charge is 0.239 e. The maximum Gasteiger partial charge on any atom is 0.239 e. The Bertz CT molecular complexity index is 275. The third kappa shape index (κ3) is 1.57. The van der Waals surface area contributed by atoms with Gasteiger partial charge >= 0.3 is 0 Å². The van der Waals surface area contributed by atoms with Crippen LogP contribution < -0.4 is 5.32 Å². The summed E-state index contributed by atoms with van der Waals surface area (Å²) >= 11 is 0. The fourth-order valence-electron chi connectivity index (χ4n) is 3.04. The minimum Gasteiger partial charge on any atom is -0.338 e. The number of likely N-dealkylation sites (N-methyl/N-ethyl adjacent to an activating group) is 1. The molecule has 0 radical (unpaired) electrons. The van der Waals surface area contributed by atoms with E-state index in [-0.39, 0.29) is 6.04 Å². The van der Waals surface area contributed by atoms with Crippen LogP contribution in [-0.2, 0) is 4.79 Å². The minimum atomic E-state index is 0.100. The van der Waals surface area contributed by atoms with Crippen LogP contribution in [0.5, 0.6) is 0 Å². The molecule has 3 nitrogen and oxygen atoms in total. The lowest BCUT2D eigenvalue weighted by Crippen LogP contribution is -2.51. The van der Waals surface area contributed by atoms with E-state index in [1.54, 1.807) is 0 Å². The Kier molecular flexibility index (Phi) is 2.23. The molecule has 3 unspecified atom stereocenters. The van der Waals surface area contributed by atoms with Crippen molar-refractivity contribution in [3.63, 3.8) is 0 Å². The first-order valence-electron chi connectivity index (χ1n) is 6.27. The van der Waals surface area contributed by atoms with E-state index in [4.69, 9.17) is 0 Å². The summed E-state index contributed by atoms with van der Waals surface area (Å²) in [6.45, 7) is 1.05. The molecule has 1 saturated heterocycles. The number of carbonyl (C=O) groups excluding carboxylic acids is 1. The number of amides is 1. The summed E-state index contributed by atoms with van der Waals surface area (Å²) in [4.78, 5) is 14.4. The Balaban J connectivity index is 1.76. The van der Waals surface area contributed by atoms with Gasteiger partial charge in [-0.1, -0.05) is 0 Å². The number of hydrogen-bond donors (Lipinski definition) is 1. The van der Waals surface area contributed by atoms with Gasteiger partial charge in [0.15, 0.2) is 0 Å². The first kappa shape index (κ1) is 9.64. The fraction of sp³-hybridized carbons (Fsp3) is 0.917. The zero-order valence-electron chi connectivity index (χ0n) is 9.41. The number of nitrogens with zero attached hydrogens (tertiary/aromatic N) is 1. The molecule has 0 aromatic carbocycles. The number of nitrogens with one attached hydrogen (secondary N) is 1. The predicted molar refractivity (Wildman–Crippen MR) is 58.4 cm³/mol. The number of hydrogen-bond acceptors (Lipinski definition) is 2. The molecule has 3 fully saturated rings. The zero-order valence-corrected chi connectivity index (χ0v) is 9.41. The van der Waals surface area contributed by atoms with Gasteiger partial charge in [-0.2, -0.15) is 0 Å². The van der Waals surface area contributed by atoms with E-state index in [1.807, 2.05) is 7.05 Å². The van der Waals surface area contributed by atoms with Crippen LogP contribution in [0.15, 0.2) is 0 Å². The molecule has 3 rings (SSSR count).